The summed E-state index contributed by atoms with van der Waals surface area (Å²) in [6.45, 7) is 0. The molecule has 29 heavy (non-hydrogen) atoms. The van der Waals surface area contributed by atoms with Crippen molar-refractivity contribution in [1.29, 1.82) is 0 Å². The van der Waals surface area contributed by atoms with Gasteiger partial charge in [-0.05, 0) is 28.5 Å². The van der Waals surface area contributed by atoms with Crippen molar-refractivity contribution >= 4 is 39.9 Å². The number of aromatic amines is 1. The molecule has 1 amide bonds. The minimum atomic E-state index is -0.332. The molecule has 0 unspecified atom stereocenters. The van der Waals surface area contributed by atoms with Gasteiger partial charge in [-0.2, -0.15) is 0 Å². The first-order chi connectivity index (χ1) is 14.1. The van der Waals surface area contributed by atoms with Crippen LogP contribution in [0.15, 0.2) is 82.7 Å². The largest absolute Gasteiger partial charge is 0.383 e. The van der Waals surface area contributed by atoms with Crippen LogP contribution in [0.25, 0.3) is 21.9 Å². The molecule has 7 heteroatoms. The molecule has 1 aromatic heterocycles. The maximum Gasteiger partial charge on any atom is 0.261 e. The van der Waals surface area contributed by atoms with E-state index in [2.05, 4.69) is 15.3 Å². The molecule has 1 heterocycles. The molecule has 3 aromatic carbocycles. The van der Waals surface area contributed by atoms with Crippen LogP contribution in [0.2, 0.25) is 0 Å². The van der Waals surface area contributed by atoms with Crippen LogP contribution < -0.4 is 16.6 Å². The number of carbonyl (C=O) groups is 1. The van der Waals surface area contributed by atoms with Gasteiger partial charge in [0.15, 0.2) is 5.16 Å². The zero-order valence-electron chi connectivity index (χ0n) is 15.4. The second-order valence-electron chi connectivity index (χ2n) is 6.40. The van der Waals surface area contributed by atoms with Gasteiger partial charge >= 0.3 is 0 Å². The van der Waals surface area contributed by atoms with Gasteiger partial charge in [-0.3, -0.25) is 9.59 Å². The number of thioether (sulfide) groups is 1. The summed E-state index contributed by atoms with van der Waals surface area (Å²) in [5, 5.41) is 5.32. The fourth-order valence-corrected chi connectivity index (χ4v) is 3.69. The molecule has 0 saturated heterocycles. The molecule has 0 atom stereocenters. The first-order valence-electron chi connectivity index (χ1n) is 8.97. The number of hydrogen-bond donors (Lipinski definition) is 3. The molecular weight excluding hydrogens is 384 g/mol. The minimum Gasteiger partial charge on any atom is -0.383 e. The average molecular weight is 402 g/mol. The number of nitrogen functional groups attached to an aromatic ring is 1. The van der Waals surface area contributed by atoms with Gasteiger partial charge in [-0.15, -0.1) is 0 Å². The molecule has 144 valence electrons. The monoisotopic (exact) mass is 402 g/mol. The van der Waals surface area contributed by atoms with Crippen LogP contribution in [0.3, 0.4) is 0 Å². The molecule has 0 bridgehead atoms. The van der Waals surface area contributed by atoms with Crippen molar-refractivity contribution < 1.29 is 4.79 Å². The minimum absolute atomic E-state index is 0.0971. The Morgan fingerprint density at radius 3 is 2.48 bits per heavy atom. The summed E-state index contributed by atoms with van der Waals surface area (Å²) in [7, 11) is 0. The van der Waals surface area contributed by atoms with E-state index in [0.717, 1.165) is 28.2 Å². The number of H-pyrrole nitrogens is 1. The van der Waals surface area contributed by atoms with Crippen molar-refractivity contribution in [3.05, 3.63) is 83.2 Å². The Morgan fingerprint density at radius 2 is 1.72 bits per heavy atom. The Labute approximate surface area is 171 Å². The summed E-state index contributed by atoms with van der Waals surface area (Å²) in [5.41, 5.74) is 7.40. The molecule has 6 nitrogen and oxygen atoms in total. The molecule has 0 fully saturated rings. The lowest BCUT2D eigenvalue weighted by Gasteiger charge is -2.08. The fraction of sp³-hybridized carbons (Fsp3) is 0.0455. The Balaban J connectivity index is 1.44. The van der Waals surface area contributed by atoms with E-state index in [1.54, 1.807) is 12.1 Å². The molecule has 4 aromatic rings. The van der Waals surface area contributed by atoms with Crippen molar-refractivity contribution in [1.82, 2.24) is 9.97 Å². The molecule has 4 N–H and O–H groups in total. The van der Waals surface area contributed by atoms with Crippen LogP contribution in [0.1, 0.15) is 0 Å². The predicted octanol–water partition coefficient (Wildman–Crippen LogP) is 3.90. The third-order valence-electron chi connectivity index (χ3n) is 4.36. The Hall–Kier alpha value is -3.58. The number of anilines is 2. The first kappa shape index (κ1) is 18.8. The number of aromatic nitrogens is 2. The third-order valence-corrected chi connectivity index (χ3v) is 5.23. The smallest absolute Gasteiger partial charge is 0.261 e. The molecule has 4 rings (SSSR count). The summed E-state index contributed by atoms with van der Waals surface area (Å²) in [6.07, 6.45) is 0. The highest BCUT2D eigenvalue weighted by Gasteiger charge is 2.12. The summed E-state index contributed by atoms with van der Waals surface area (Å²) in [5.74, 6) is 0.0379. The average Bonchev–Trinajstić information content (AvgIpc) is 2.72. The Bertz CT molecular complexity index is 1240. The molecule has 0 spiro atoms. The van der Waals surface area contributed by atoms with Crippen molar-refractivity contribution in [2.24, 2.45) is 0 Å². The number of benzene rings is 3. The van der Waals surface area contributed by atoms with Crippen LogP contribution in [0.4, 0.5) is 11.5 Å². The highest BCUT2D eigenvalue weighted by atomic mass is 32.2. The fourth-order valence-electron chi connectivity index (χ4n) is 3.02. The molecule has 0 radical (unpaired) electrons. The van der Waals surface area contributed by atoms with Crippen molar-refractivity contribution in [3.8, 4) is 11.1 Å². The first-order valence-corrected chi connectivity index (χ1v) is 9.95. The van der Waals surface area contributed by atoms with Crippen LogP contribution in [-0.2, 0) is 4.79 Å². The maximum absolute atomic E-state index is 12.4. The standard InChI is InChI=1S/C22H18N4O2S/c23-20-19(15-7-2-1-3-8-15)21(28)26-22(25-20)29-13-18(27)24-17-11-10-14-6-4-5-9-16(14)12-17/h1-12H,13H2,(H,24,27)(H3,23,25,26,28). The van der Waals surface area contributed by atoms with E-state index in [9.17, 15) is 9.59 Å². The van der Waals surface area contributed by atoms with Crippen LogP contribution in [-0.4, -0.2) is 21.6 Å². The summed E-state index contributed by atoms with van der Waals surface area (Å²) < 4.78 is 0. The van der Waals surface area contributed by atoms with Crippen LogP contribution in [0.5, 0.6) is 0 Å². The second kappa shape index (κ2) is 8.20. The Morgan fingerprint density at radius 1 is 1.00 bits per heavy atom. The van der Waals surface area contributed by atoms with Crippen molar-refractivity contribution in [2.45, 2.75) is 5.16 Å². The maximum atomic E-state index is 12.4. The zero-order valence-corrected chi connectivity index (χ0v) is 16.2. The number of nitrogens with one attached hydrogen (secondary N) is 2. The molecule has 0 saturated carbocycles. The summed E-state index contributed by atoms with van der Waals surface area (Å²) >= 11 is 1.12. The quantitative estimate of drug-likeness (QED) is 0.347. The van der Waals surface area contributed by atoms with Gasteiger partial charge < -0.3 is 16.0 Å². The number of hydrogen-bond acceptors (Lipinski definition) is 5. The van der Waals surface area contributed by atoms with Gasteiger partial charge in [0.2, 0.25) is 5.91 Å². The topological polar surface area (TPSA) is 101 Å². The van der Waals surface area contributed by atoms with Gasteiger partial charge in [-0.25, -0.2) is 4.98 Å². The van der Waals surface area contributed by atoms with Gasteiger partial charge in [0.1, 0.15) is 5.82 Å². The number of rotatable bonds is 5. The van der Waals surface area contributed by atoms with E-state index >= 15 is 0 Å². The van der Waals surface area contributed by atoms with E-state index in [0.29, 0.717) is 16.3 Å². The lowest BCUT2D eigenvalue weighted by Crippen LogP contribution is -2.17. The zero-order chi connectivity index (χ0) is 20.2. The molecule has 0 aliphatic carbocycles. The number of nitrogens with two attached hydrogens (primary N) is 1. The van der Waals surface area contributed by atoms with Gasteiger partial charge in [0.05, 0.1) is 11.3 Å². The van der Waals surface area contributed by atoms with Crippen LogP contribution in [0, 0.1) is 0 Å². The number of nitrogens with zero attached hydrogens (tertiary/aromatic N) is 1. The lowest BCUT2D eigenvalue weighted by molar-refractivity contribution is -0.113. The number of carbonyl (C=O) groups excluding carboxylic acids is 1. The summed E-state index contributed by atoms with van der Waals surface area (Å²) in [4.78, 5) is 31.7. The highest BCUT2D eigenvalue weighted by molar-refractivity contribution is 7.99. The molecule has 0 aliphatic heterocycles. The number of fused-ring (bicyclic) bond motifs is 1. The van der Waals surface area contributed by atoms with Gasteiger partial charge in [-0.1, -0.05) is 72.4 Å². The predicted molar refractivity (Wildman–Crippen MR) is 118 cm³/mol. The van der Waals surface area contributed by atoms with Gasteiger partial charge in [0, 0.05) is 5.69 Å². The van der Waals surface area contributed by atoms with Crippen molar-refractivity contribution in [3.63, 3.8) is 0 Å². The van der Waals surface area contributed by atoms with Crippen LogP contribution >= 0.6 is 11.8 Å². The van der Waals surface area contributed by atoms with Gasteiger partial charge in [0.25, 0.3) is 5.56 Å². The second-order valence-corrected chi connectivity index (χ2v) is 7.36. The van der Waals surface area contributed by atoms with E-state index in [-0.39, 0.29) is 23.0 Å². The Kier molecular flexibility index (Phi) is 5.31. The third kappa shape index (κ3) is 4.30. The summed E-state index contributed by atoms with van der Waals surface area (Å²) in [6, 6.07) is 22.8. The van der Waals surface area contributed by atoms with E-state index in [1.807, 2.05) is 60.7 Å². The van der Waals surface area contributed by atoms with E-state index in [4.69, 9.17) is 5.73 Å². The molecular formula is C22H18N4O2S. The number of amides is 1. The lowest BCUT2D eigenvalue weighted by atomic mass is 10.1. The van der Waals surface area contributed by atoms with E-state index < -0.39 is 0 Å². The normalized spacial score (nSPS) is 10.8. The molecule has 0 aliphatic rings. The SMILES string of the molecule is Nc1nc(SCC(=O)Nc2ccc3ccccc3c2)[nH]c(=O)c1-c1ccccc1. The highest BCUT2D eigenvalue weighted by Crippen LogP contribution is 2.23. The van der Waals surface area contributed by atoms with Crippen molar-refractivity contribution in [2.75, 3.05) is 16.8 Å². The van der Waals surface area contributed by atoms with E-state index in [1.165, 1.54) is 0 Å².